The maximum absolute atomic E-state index is 12.5. The first-order valence-corrected chi connectivity index (χ1v) is 10.9. The van der Waals surface area contributed by atoms with E-state index < -0.39 is 0 Å². The third-order valence-electron chi connectivity index (χ3n) is 5.67. The van der Waals surface area contributed by atoms with Crippen LogP contribution in [-0.4, -0.2) is 63.1 Å². The summed E-state index contributed by atoms with van der Waals surface area (Å²) in [5.74, 6) is 0.470. The molecule has 0 radical (unpaired) electrons. The number of benzene rings is 2. The number of likely N-dealkylation sites (N-methyl/N-ethyl adjacent to an activating group) is 1. The number of nitrogens with zero attached hydrogens (tertiary/aromatic N) is 3. The lowest BCUT2D eigenvalue weighted by Gasteiger charge is -2.35. The van der Waals surface area contributed by atoms with Crippen molar-refractivity contribution in [3.05, 3.63) is 47.5 Å². The van der Waals surface area contributed by atoms with E-state index in [9.17, 15) is 9.59 Å². The third-order valence-corrected chi connectivity index (χ3v) is 5.90. The molecule has 2 aliphatic rings. The molecular weight excluding hydrogens is 416 g/mol. The van der Waals surface area contributed by atoms with E-state index in [4.69, 9.17) is 16.3 Å². The molecule has 2 saturated heterocycles. The van der Waals surface area contributed by atoms with E-state index in [0.717, 1.165) is 50.5 Å². The van der Waals surface area contributed by atoms with Crippen LogP contribution in [0.4, 0.5) is 17.1 Å². The van der Waals surface area contributed by atoms with Gasteiger partial charge in [-0.15, -0.1) is 0 Å². The first-order valence-electron chi connectivity index (χ1n) is 10.6. The Balaban J connectivity index is 1.35. The Morgan fingerprint density at radius 2 is 1.81 bits per heavy atom. The number of hydrogen-bond acceptors (Lipinski definition) is 5. The van der Waals surface area contributed by atoms with Gasteiger partial charge in [0.05, 0.1) is 11.4 Å². The summed E-state index contributed by atoms with van der Waals surface area (Å²) >= 11 is 6.18. The number of rotatable bonds is 6. The molecule has 2 heterocycles. The lowest BCUT2D eigenvalue weighted by atomic mass is 10.2. The van der Waals surface area contributed by atoms with Crippen LogP contribution in [0.15, 0.2) is 42.5 Å². The van der Waals surface area contributed by atoms with Gasteiger partial charge in [-0.25, -0.2) is 0 Å². The molecule has 2 aliphatic heterocycles. The van der Waals surface area contributed by atoms with Crippen LogP contribution < -0.4 is 19.9 Å². The number of ether oxygens (including phenoxy) is 1. The van der Waals surface area contributed by atoms with Gasteiger partial charge < -0.3 is 24.8 Å². The Morgan fingerprint density at radius 1 is 1.06 bits per heavy atom. The number of carbonyl (C=O) groups is 2. The molecule has 0 aliphatic carbocycles. The normalized spacial score (nSPS) is 17.2. The van der Waals surface area contributed by atoms with E-state index in [1.807, 2.05) is 24.3 Å². The molecule has 0 atom stereocenters. The number of halogens is 1. The Hall–Kier alpha value is -2.77. The number of amides is 2. The molecule has 4 rings (SSSR count). The van der Waals surface area contributed by atoms with Crippen molar-refractivity contribution in [1.82, 2.24) is 4.90 Å². The van der Waals surface area contributed by atoms with Gasteiger partial charge in [-0.1, -0.05) is 11.6 Å². The second-order valence-corrected chi connectivity index (χ2v) is 8.37. The van der Waals surface area contributed by atoms with Crippen LogP contribution in [-0.2, 0) is 9.59 Å². The molecule has 164 valence electrons. The van der Waals surface area contributed by atoms with Gasteiger partial charge in [0.15, 0.2) is 6.61 Å². The fourth-order valence-corrected chi connectivity index (χ4v) is 4.08. The van der Waals surface area contributed by atoms with Gasteiger partial charge in [0.2, 0.25) is 5.91 Å². The van der Waals surface area contributed by atoms with Crippen molar-refractivity contribution in [3.8, 4) is 5.75 Å². The van der Waals surface area contributed by atoms with Crippen molar-refractivity contribution in [2.45, 2.75) is 12.8 Å². The topological polar surface area (TPSA) is 65.1 Å². The van der Waals surface area contributed by atoms with Crippen molar-refractivity contribution >= 4 is 40.5 Å². The second-order valence-electron chi connectivity index (χ2n) is 7.93. The minimum absolute atomic E-state index is 0.114. The summed E-state index contributed by atoms with van der Waals surface area (Å²) in [6.45, 7) is 4.36. The average Bonchev–Trinajstić information content (AvgIpc) is 3.19. The van der Waals surface area contributed by atoms with E-state index in [1.165, 1.54) is 0 Å². The molecule has 2 amide bonds. The molecule has 8 heteroatoms. The van der Waals surface area contributed by atoms with Crippen LogP contribution in [0.3, 0.4) is 0 Å². The quantitative estimate of drug-likeness (QED) is 0.744. The van der Waals surface area contributed by atoms with Gasteiger partial charge in [-0.2, -0.15) is 0 Å². The fourth-order valence-electron chi connectivity index (χ4n) is 3.91. The lowest BCUT2D eigenvalue weighted by molar-refractivity contribution is -0.118. The Morgan fingerprint density at radius 3 is 2.48 bits per heavy atom. The molecule has 31 heavy (non-hydrogen) atoms. The summed E-state index contributed by atoms with van der Waals surface area (Å²) < 4.78 is 5.65. The van der Waals surface area contributed by atoms with E-state index in [2.05, 4.69) is 22.2 Å². The summed E-state index contributed by atoms with van der Waals surface area (Å²) in [6, 6.07) is 12.8. The fraction of sp³-hybridized carbons (Fsp3) is 0.391. The Bertz CT molecular complexity index is 942. The highest BCUT2D eigenvalue weighted by Crippen LogP contribution is 2.30. The molecular formula is C23H27ClN4O3. The maximum atomic E-state index is 12.5. The van der Waals surface area contributed by atoms with Gasteiger partial charge >= 0.3 is 0 Å². The lowest BCUT2D eigenvalue weighted by Crippen LogP contribution is -2.44. The molecule has 2 aromatic rings. The molecule has 0 unspecified atom stereocenters. The Kier molecular flexibility index (Phi) is 6.63. The molecule has 7 nitrogen and oxygen atoms in total. The van der Waals surface area contributed by atoms with Gasteiger partial charge in [0.1, 0.15) is 5.75 Å². The molecule has 1 N–H and O–H groups in total. The predicted molar refractivity (Wildman–Crippen MR) is 123 cm³/mol. The summed E-state index contributed by atoms with van der Waals surface area (Å²) in [5, 5.41) is 3.51. The van der Waals surface area contributed by atoms with Crippen molar-refractivity contribution in [2.75, 3.05) is 61.5 Å². The number of piperazine rings is 1. The van der Waals surface area contributed by atoms with Crippen LogP contribution in [0.5, 0.6) is 5.75 Å². The van der Waals surface area contributed by atoms with Crippen LogP contribution in [0.2, 0.25) is 5.02 Å². The van der Waals surface area contributed by atoms with E-state index in [0.29, 0.717) is 22.9 Å². The van der Waals surface area contributed by atoms with Crippen molar-refractivity contribution in [1.29, 1.82) is 0 Å². The van der Waals surface area contributed by atoms with E-state index in [1.54, 1.807) is 23.1 Å². The zero-order chi connectivity index (χ0) is 21.8. The smallest absolute Gasteiger partial charge is 0.262 e. The minimum atomic E-state index is -0.253. The van der Waals surface area contributed by atoms with Gasteiger partial charge in [0.25, 0.3) is 5.91 Å². The summed E-state index contributed by atoms with van der Waals surface area (Å²) in [4.78, 5) is 30.7. The number of hydrogen-bond donors (Lipinski definition) is 1. The van der Waals surface area contributed by atoms with Crippen LogP contribution >= 0.6 is 11.6 Å². The molecule has 2 fully saturated rings. The molecule has 0 aromatic heterocycles. The summed E-state index contributed by atoms with van der Waals surface area (Å²) in [5.41, 5.74) is 2.51. The first-order chi connectivity index (χ1) is 15.0. The highest BCUT2D eigenvalue weighted by molar-refractivity contribution is 6.31. The Labute approximate surface area is 187 Å². The standard InChI is InChI=1S/C23H27ClN4O3/c1-26-11-13-27(14-12-26)21-9-4-17(24)15-20(21)25-22(29)16-31-19-7-5-18(6-8-19)28-10-2-3-23(28)30/h4-9,15H,2-3,10-14,16H2,1H3,(H,25,29). The highest BCUT2D eigenvalue weighted by Gasteiger charge is 2.22. The number of carbonyl (C=O) groups excluding carboxylic acids is 2. The molecule has 2 aromatic carbocycles. The average molecular weight is 443 g/mol. The van der Waals surface area contributed by atoms with Crippen LogP contribution in [0, 0.1) is 0 Å². The van der Waals surface area contributed by atoms with Gasteiger partial charge in [-0.3, -0.25) is 9.59 Å². The van der Waals surface area contributed by atoms with Crippen LogP contribution in [0.1, 0.15) is 12.8 Å². The second kappa shape index (κ2) is 9.58. The molecule has 0 saturated carbocycles. The largest absolute Gasteiger partial charge is 0.484 e. The van der Waals surface area contributed by atoms with E-state index >= 15 is 0 Å². The van der Waals surface area contributed by atoms with Crippen molar-refractivity contribution in [3.63, 3.8) is 0 Å². The molecule has 0 bridgehead atoms. The summed E-state index contributed by atoms with van der Waals surface area (Å²) in [7, 11) is 2.11. The highest BCUT2D eigenvalue weighted by atomic mass is 35.5. The SMILES string of the molecule is CN1CCN(c2ccc(Cl)cc2NC(=O)COc2ccc(N3CCCC3=O)cc2)CC1. The third kappa shape index (κ3) is 5.29. The predicted octanol–water partition coefficient (Wildman–Crippen LogP) is 3.24. The van der Waals surface area contributed by atoms with Crippen molar-refractivity contribution in [2.24, 2.45) is 0 Å². The summed E-state index contributed by atoms with van der Waals surface area (Å²) in [6.07, 6.45) is 1.48. The maximum Gasteiger partial charge on any atom is 0.262 e. The zero-order valence-electron chi connectivity index (χ0n) is 17.6. The first kappa shape index (κ1) is 21.5. The van der Waals surface area contributed by atoms with E-state index in [-0.39, 0.29) is 18.4 Å². The van der Waals surface area contributed by atoms with Gasteiger partial charge in [-0.05, 0) is 55.9 Å². The minimum Gasteiger partial charge on any atom is -0.484 e. The van der Waals surface area contributed by atoms with Crippen molar-refractivity contribution < 1.29 is 14.3 Å². The number of nitrogens with one attached hydrogen (secondary N) is 1. The monoisotopic (exact) mass is 442 g/mol. The zero-order valence-corrected chi connectivity index (χ0v) is 18.4. The molecule has 0 spiro atoms. The number of anilines is 3. The van der Waals surface area contributed by atoms with Crippen LogP contribution in [0.25, 0.3) is 0 Å². The van der Waals surface area contributed by atoms with Gasteiger partial charge in [0, 0.05) is 49.9 Å².